The predicted molar refractivity (Wildman–Crippen MR) is 97.9 cm³/mol. The SMILES string of the molecule is CN1CCC(O)(C(CN2CCNCC2)c2cccc(Br)c2)CC1. The van der Waals surface area contributed by atoms with E-state index in [9.17, 15) is 5.11 Å². The van der Waals surface area contributed by atoms with Crippen LogP contribution in [-0.4, -0.2) is 73.4 Å². The lowest BCUT2D eigenvalue weighted by Crippen LogP contribution is -2.52. The molecule has 23 heavy (non-hydrogen) atoms. The summed E-state index contributed by atoms with van der Waals surface area (Å²) < 4.78 is 1.09. The van der Waals surface area contributed by atoms with Crippen molar-refractivity contribution in [3.63, 3.8) is 0 Å². The zero-order valence-corrected chi connectivity index (χ0v) is 15.6. The zero-order chi connectivity index (χ0) is 16.3. The van der Waals surface area contributed by atoms with Crippen LogP contribution in [0.15, 0.2) is 28.7 Å². The summed E-state index contributed by atoms with van der Waals surface area (Å²) in [4.78, 5) is 4.82. The minimum Gasteiger partial charge on any atom is -0.389 e. The Morgan fingerprint density at radius 2 is 1.91 bits per heavy atom. The summed E-state index contributed by atoms with van der Waals surface area (Å²) >= 11 is 3.59. The van der Waals surface area contributed by atoms with E-state index in [0.29, 0.717) is 0 Å². The molecule has 0 saturated carbocycles. The van der Waals surface area contributed by atoms with E-state index in [1.165, 1.54) is 5.56 Å². The highest BCUT2D eigenvalue weighted by atomic mass is 79.9. The second-order valence-electron chi connectivity index (χ2n) is 7.07. The molecule has 0 aliphatic carbocycles. The van der Waals surface area contributed by atoms with Gasteiger partial charge < -0.3 is 20.2 Å². The van der Waals surface area contributed by atoms with Crippen LogP contribution in [0.2, 0.25) is 0 Å². The van der Waals surface area contributed by atoms with Gasteiger partial charge in [-0.15, -0.1) is 0 Å². The van der Waals surface area contributed by atoms with Crippen molar-refractivity contribution < 1.29 is 5.11 Å². The average molecular weight is 382 g/mol. The van der Waals surface area contributed by atoms with Crippen molar-refractivity contribution in [1.29, 1.82) is 0 Å². The predicted octanol–water partition coefficient (Wildman–Crippen LogP) is 1.89. The lowest BCUT2D eigenvalue weighted by molar-refractivity contribution is -0.0466. The Hall–Kier alpha value is -0.460. The van der Waals surface area contributed by atoms with Crippen LogP contribution in [0.4, 0.5) is 0 Å². The summed E-state index contributed by atoms with van der Waals surface area (Å²) in [5.74, 6) is 0.173. The van der Waals surface area contributed by atoms with E-state index in [0.717, 1.165) is 63.1 Å². The molecule has 4 nitrogen and oxygen atoms in total. The molecule has 0 spiro atoms. The van der Waals surface area contributed by atoms with Gasteiger partial charge in [-0.05, 0) is 37.6 Å². The topological polar surface area (TPSA) is 38.7 Å². The van der Waals surface area contributed by atoms with Crippen LogP contribution < -0.4 is 5.32 Å². The lowest BCUT2D eigenvalue weighted by atomic mass is 9.75. The van der Waals surface area contributed by atoms with Crippen LogP contribution in [0.5, 0.6) is 0 Å². The van der Waals surface area contributed by atoms with Crippen molar-refractivity contribution in [3.8, 4) is 0 Å². The minimum absolute atomic E-state index is 0.173. The maximum Gasteiger partial charge on any atom is 0.0752 e. The molecule has 2 saturated heterocycles. The van der Waals surface area contributed by atoms with E-state index < -0.39 is 5.60 Å². The van der Waals surface area contributed by atoms with Crippen LogP contribution in [0.25, 0.3) is 0 Å². The highest BCUT2D eigenvalue weighted by Crippen LogP contribution is 2.38. The summed E-state index contributed by atoms with van der Waals surface area (Å²) in [5, 5.41) is 14.9. The van der Waals surface area contributed by atoms with Gasteiger partial charge in [0.05, 0.1) is 5.60 Å². The molecule has 1 aromatic rings. The Morgan fingerprint density at radius 1 is 1.22 bits per heavy atom. The second-order valence-corrected chi connectivity index (χ2v) is 7.98. The van der Waals surface area contributed by atoms with Gasteiger partial charge in [-0.1, -0.05) is 28.1 Å². The molecular weight excluding hydrogens is 354 g/mol. The van der Waals surface area contributed by atoms with Gasteiger partial charge in [-0.2, -0.15) is 0 Å². The fourth-order valence-corrected chi connectivity index (χ4v) is 4.23. The summed E-state index contributed by atoms with van der Waals surface area (Å²) in [7, 11) is 2.14. The quantitative estimate of drug-likeness (QED) is 0.835. The fraction of sp³-hybridized carbons (Fsp3) is 0.667. The molecule has 0 amide bonds. The third-order valence-electron chi connectivity index (χ3n) is 5.40. The highest BCUT2D eigenvalue weighted by molar-refractivity contribution is 9.10. The number of rotatable bonds is 4. The van der Waals surface area contributed by atoms with E-state index >= 15 is 0 Å². The summed E-state index contributed by atoms with van der Waals surface area (Å²) in [5.41, 5.74) is 0.656. The largest absolute Gasteiger partial charge is 0.389 e. The number of halogens is 1. The first-order valence-corrected chi connectivity index (χ1v) is 9.46. The number of nitrogens with one attached hydrogen (secondary N) is 1. The molecule has 2 heterocycles. The first-order chi connectivity index (χ1) is 11.1. The molecule has 0 bridgehead atoms. The number of piperidine rings is 1. The van der Waals surface area contributed by atoms with Crippen LogP contribution in [-0.2, 0) is 0 Å². The normalized spacial score (nSPS) is 24.5. The van der Waals surface area contributed by atoms with E-state index in [-0.39, 0.29) is 5.92 Å². The van der Waals surface area contributed by atoms with Crippen molar-refractivity contribution >= 4 is 15.9 Å². The van der Waals surface area contributed by atoms with E-state index in [1.54, 1.807) is 0 Å². The third kappa shape index (κ3) is 4.34. The molecule has 1 atom stereocenters. The monoisotopic (exact) mass is 381 g/mol. The number of hydrogen-bond donors (Lipinski definition) is 2. The lowest BCUT2D eigenvalue weighted by Gasteiger charge is -2.44. The number of hydrogen-bond acceptors (Lipinski definition) is 4. The van der Waals surface area contributed by atoms with Crippen molar-refractivity contribution in [2.24, 2.45) is 0 Å². The van der Waals surface area contributed by atoms with Gasteiger partial charge in [0, 0.05) is 56.2 Å². The number of aliphatic hydroxyl groups is 1. The molecule has 0 radical (unpaired) electrons. The van der Waals surface area contributed by atoms with Gasteiger partial charge in [-0.3, -0.25) is 0 Å². The smallest absolute Gasteiger partial charge is 0.0752 e. The summed E-state index contributed by atoms with van der Waals surface area (Å²) in [6.45, 7) is 7.13. The Morgan fingerprint density at radius 3 is 2.57 bits per heavy atom. The van der Waals surface area contributed by atoms with E-state index in [4.69, 9.17) is 0 Å². The molecular formula is C18H28BrN3O. The molecule has 2 N–H and O–H groups in total. The third-order valence-corrected chi connectivity index (χ3v) is 5.90. The van der Waals surface area contributed by atoms with E-state index in [1.807, 2.05) is 0 Å². The van der Waals surface area contributed by atoms with E-state index in [2.05, 4.69) is 62.4 Å². The molecule has 0 aromatic heterocycles. The number of piperazine rings is 1. The minimum atomic E-state index is -0.599. The second kappa shape index (κ2) is 7.62. The van der Waals surface area contributed by atoms with Gasteiger partial charge in [0.1, 0.15) is 0 Å². The first kappa shape index (κ1) is 17.4. The van der Waals surface area contributed by atoms with Crippen molar-refractivity contribution in [2.45, 2.75) is 24.4 Å². The number of likely N-dealkylation sites (tertiary alicyclic amines) is 1. The first-order valence-electron chi connectivity index (χ1n) is 8.66. The summed E-state index contributed by atoms with van der Waals surface area (Å²) in [6.07, 6.45) is 1.71. The van der Waals surface area contributed by atoms with Gasteiger partial charge in [0.25, 0.3) is 0 Å². The zero-order valence-electron chi connectivity index (χ0n) is 14.0. The molecule has 2 aliphatic heterocycles. The molecule has 1 unspecified atom stereocenters. The Bertz CT molecular complexity index is 511. The number of benzene rings is 1. The Kier molecular flexibility index (Phi) is 5.75. The molecule has 2 fully saturated rings. The van der Waals surface area contributed by atoms with Gasteiger partial charge in [-0.25, -0.2) is 0 Å². The van der Waals surface area contributed by atoms with Crippen LogP contribution >= 0.6 is 15.9 Å². The molecule has 128 valence electrons. The highest BCUT2D eigenvalue weighted by Gasteiger charge is 2.40. The van der Waals surface area contributed by atoms with Gasteiger partial charge >= 0.3 is 0 Å². The van der Waals surface area contributed by atoms with Crippen LogP contribution in [0, 0.1) is 0 Å². The van der Waals surface area contributed by atoms with Crippen LogP contribution in [0.1, 0.15) is 24.3 Å². The van der Waals surface area contributed by atoms with Crippen LogP contribution in [0.3, 0.4) is 0 Å². The maximum atomic E-state index is 11.4. The fourth-order valence-electron chi connectivity index (χ4n) is 3.82. The maximum absolute atomic E-state index is 11.4. The summed E-state index contributed by atoms with van der Waals surface area (Å²) in [6, 6.07) is 8.50. The van der Waals surface area contributed by atoms with Crippen molar-refractivity contribution in [1.82, 2.24) is 15.1 Å². The molecule has 3 rings (SSSR count). The van der Waals surface area contributed by atoms with Gasteiger partial charge in [0.15, 0.2) is 0 Å². The van der Waals surface area contributed by atoms with Gasteiger partial charge in [0.2, 0.25) is 0 Å². The standard InChI is InChI=1S/C18H28BrN3O/c1-21-9-5-18(23,6-10-21)17(14-22-11-7-20-8-12-22)15-3-2-4-16(19)13-15/h2-4,13,17,20,23H,5-12,14H2,1H3. The molecule has 2 aliphatic rings. The van der Waals surface area contributed by atoms with Crippen molar-refractivity contribution in [2.75, 3.05) is 52.9 Å². The average Bonchev–Trinajstić information content (AvgIpc) is 2.56. The van der Waals surface area contributed by atoms with Crippen molar-refractivity contribution in [3.05, 3.63) is 34.3 Å². The Balaban J connectivity index is 1.83. The molecule has 5 heteroatoms. The Labute approximate surface area is 148 Å². The number of nitrogens with zero attached hydrogens (tertiary/aromatic N) is 2. The molecule has 1 aromatic carbocycles.